The number of hydrogen-bond acceptors (Lipinski definition) is 5. The Balaban J connectivity index is 2.12. The van der Waals surface area contributed by atoms with Gasteiger partial charge in [-0.2, -0.15) is 0 Å². The van der Waals surface area contributed by atoms with E-state index in [0.29, 0.717) is 25.4 Å². The Morgan fingerprint density at radius 1 is 1.39 bits per heavy atom. The standard InChI is InChI=1S/C12H24N2O3S/c1-10-11(3-6-17-10)14(2)12(9-13)4-7-18(15,16)8-5-12/h10-11H,3-9,13H2,1-2H3. The fourth-order valence-electron chi connectivity index (χ4n) is 3.20. The maximum Gasteiger partial charge on any atom is 0.150 e. The van der Waals surface area contributed by atoms with Crippen LogP contribution in [0.4, 0.5) is 0 Å². The van der Waals surface area contributed by atoms with E-state index in [0.717, 1.165) is 13.0 Å². The molecule has 2 saturated heterocycles. The average molecular weight is 276 g/mol. The van der Waals surface area contributed by atoms with Crippen molar-refractivity contribution in [1.29, 1.82) is 0 Å². The third-order valence-corrected chi connectivity index (χ3v) is 6.37. The van der Waals surface area contributed by atoms with Crippen LogP contribution in [0.1, 0.15) is 26.2 Å². The SMILES string of the molecule is CC1OCCC1N(C)C1(CN)CCS(=O)(=O)CC1. The van der Waals surface area contributed by atoms with Crippen molar-refractivity contribution < 1.29 is 13.2 Å². The molecule has 2 aliphatic rings. The minimum atomic E-state index is -2.85. The summed E-state index contributed by atoms with van der Waals surface area (Å²) >= 11 is 0. The molecule has 6 heteroatoms. The number of nitrogens with zero attached hydrogens (tertiary/aromatic N) is 1. The summed E-state index contributed by atoms with van der Waals surface area (Å²) in [6.07, 6.45) is 2.50. The fraction of sp³-hybridized carbons (Fsp3) is 1.00. The van der Waals surface area contributed by atoms with E-state index in [-0.39, 0.29) is 23.1 Å². The predicted octanol–water partition coefficient (Wildman–Crippen LogP) is 0.00170. The quantitative estimate of drug-likeness (QED) is 0.785. The molecule has 18 heavy (non-hydrogen) atoms. The van der Waals surface area contributed by atoms with Gasteiger partial charge in [-0.05, 0) is 33.2 Å². The molecular formula is C12H24N2O3S. The van der Waals surface area contributed by atoms with Crippen molar-refractivity contribution >= 4 is 9.84 Å². The van der Waals surface area contributed by atoms with Crippen molar-refractivity contribution in [3.8, 4) is 0 Å². The second kappa shape index (κ2) is 5.07. The summed E-state index contributed by atoms with van der Waals surface area (Å²) in [4.78, 5) is 2.29. The van der Waals surface area contributed by atoms with Crippen LogP contribution in [-0.2, 0) is 14.6 Å². The van der Waals surface area contributed by atoms with E-state index in [4.69, 9.17) is 10.5 Å². The lowest BCUT2D eigenvalue weighted by Gasteiger charge is -2.47. The van der Waals surface area contributed by atoms with E-state index in [1.165, 1.54) is 0 Å². The Morgan fingerprint density at radius 2 is 2.00 bits per heavy atom. The van der Waals surface area contributed by atoms with Gasteiger partial charge in [0.25, 0.3) is 0 Å². The summed E-state index contributed by atoms with van der Waals surface area (Å²) in [5.41, 5.74) is 5.79. The van der Waals surface area contributed by atoms with E-state index in [1.807, 2.05) is 0 Å². The zero-order valence-electron chi connectivity index (χ0n) is 11.3. The molecule has 2 N–H and O–H groups in total. The van der Waals surface area contributed by atoms with Crippen molar-refractivity contribution in [3.05, 3.63) is 0 Å². The van der Waals surface area contributed by atoms with E-state index >= 15 is 0 Å². The Morgan fingerprint density at radius 3 is 2.44 bits per heavy atom. The van der Waals surface area contributed by atoms with Crippen LogP contribution in [0.3, 0.4) is 0 Å². The molecular weight excluding hydrogens is 252 g/mol. The molecule has 0 radical (unpaired) electrons. The van der Waals surface area contributed by atoms with Gasteiger partial charge in [0.05, 0.1) is 17.6 Å². The molecule has 2 aliphatic heterocycles. The molecule has 2 unspecified atom stereocenters. The highest BCUT2D eigenvalue weighted by atomic mass is 32.2. The monoisotopic (exact) mass is 276 g/mol. The molecule has 2 heterocycles. The van der Waals surface area contributed by atoms with Gasteiger partial charge in [0.15, 0.2) is 0 Å². The molecule has 2 rings (SSSR count). The van der Waals surface area contributed by atoms with Crippen molar-refractivity contribution in [1.82, 2.24) is 4.90 Å². The molecule has 0 aromatic heterocycles. The van der Waals surface area contributed by atoms with Crippen LogP contribution < -0.4 is 5.73 Å². The van der Waals surface area contributed by atoms with Crippen LogP contribution in [0.5, 0.6) is 0 Å². The van der Waals surface area contributed by atoms with Crippen molar-refractivity contribution in [2.75, 3.05) is 31.7 Å². The Bertz CT molecular complexity index is 382. The second-order valence-corrected chi connectivity index (χ2v) is 7.93. The number of hydrogen-bond donors (Lipinski definition) is 1. The van der Waals surface area contributed by atoms with Crippen LogP contribution in [-0.4, -0.2) is 62.7 Å². The Kier molecular flexibility index (Phi) is 4.02. The molecule has 2 fully saturated rings. The van der Waals surface area contributed by atoms with Gasteiger partial charge in [0, 0.05) is 24.7 Å². The topological polar surface area (TPSA) is 72.6 Å². The zero-order chi connectivity index (χ0) is 13.4. The molecule has 2 atom stereocenters. The first-order chi connectivity index (χ1) is 8.40. The summed E-state index contributed by atoms with van der Waals surface area (Å²) in [6.45, 7) is 3.38. The molecule has 0 aromatic rings. The van der Waals surface area contributed by atoms with E-state index in [2.05, 4.69) is 18.9 Å². The molecule has 0 amide bonds. The minimum Gasteiger partial charge on any atom is -0.377 e. The third-order valence-electron chi connectivity index (χ3n) is 4.72. The van der Waals surface area contributed by atoms with Crippen molar-refractivity contribution in [2.45, 2.75) is 43.9 Å². The smallest absolute Gasteiger partial charge is 0.150 e. The summed E-state index contributed by atoms with van der Waals surface area (Å²) in [5.74, 6) is 0.521. The van der Waals surface area contributed by atoms with Gasteiger partial charge < -0.3 is 10.5 Å². The summed E-state index contributed by atoms with van der Waals surface area (Å²) < 4.78 is 28.8. The van der Waals surface area contributed by atoms with Gasteiger partial charge in [-0.1, -0.05) is 0 Å². The second-order valence-electron chi connectivity index (χ2n) is 5.62. The normalized spacial score (nSPS) is 34.9. The molecule has 0 saturated carbocycles. The Hall–Kier alpha value is -0.170. The summed E-state index contributed by atoms with van der Waals surface area (Å²) in [7, 11) is -0.778. The zero-order valence-corrected chi connectivity index (χ0v) is 12.1. The fourth-order valence-corrected chi connectivity index (χ4v) is 4.79. The van der Waals surface area contributed by atoms with Crippen molar-refractivity contribution in [2.24, 2.45) is 5.73 Å². The lowest BCUT2D eigenvalue weighted by atomic mass is 9.88. The lowest BCUT2D eigenvalue weighted by molar-refractivity contribution is 0.0230. The highest BCUT2D eigenvalue weighted by Gasteiger charge is 2.44. The number of likely N-dealkylation sites (N-methyl/N-ethyl adjacent to an activating group) is 1. The van der Waals surface area contributed by atoms with E-state index in [1.54, 1.807) is 0 Å². The molecule has 0 bridgehead atoms. The molecule has 0 aromatic carbocycles. The minimum absolute atomic E-state index is 0.169. The van der Waals surface area contributed by atoms with E-state index < -0.39 is 9.84 Å². The number of rotatable bonds is 3. The van der Waals surface area contributed by atoms with Gasteiger partial charge in [-0.15, -0.1) is 0 Å². The number of nitrogens with two attached hydrogens (primary N) is 1. The van der Waals surface area contributed by atoms with Gasteiger partial charge in [0.2, 0.25) is 0 Å². The van der Waals surface area contributed by atoms with Crippen LogP contribution in [0.15, 0.2) is 0 Å². The lowest BCUT2D eigenvalue weighted by Crippen LogP contribution is -2.60. The Labute approximate surface area is 110 Å². The van der Waals surface area contributed by atoms with Gasteiger partial charge in [0.1, 0.15) is 9.84 Å². The van der Waals surface area contributed by atoms with Crippen LogP contribution in [0, 0.1) is 0 Å². The first-order valence-corrected chi connectivity index (χ1v) is 8.47. The maximum atomic E-state index is 11.6. The summed E-state index contributed by atoms with van der Waals surface area (Å²) in [5, 5.41) is 0. The molecule has 0 aliphatic carbocycles. The largest absolute Gasteiger partial charge is 0.377 e. The highest BCUT2D eigenvalue weighted by molar-refractivity contribution is 7.91. The predicted molar refractivity (Wildman–Crippen MR) is 71.3 cm³/mol. The highest BCUT2D eigenvalue weighted by Crippen LogP contribution is 2.33. The molecule has 106 valence electrons. The summed E-state index contributed by atoms with van der Waals surface area (Å²) in [6, 6.07) is 0.356. The third kappa shape index (κ3) is 2.57. The maximum absolute atomic E-state index is 11.6. The van der Waals surface area contributed by atoms with Crippen LogP contribution in [0.25, 0.3) is 0 Å². The van der Waals surface area contributed by atoms with Crippen molar-refractivity contribution in [3.63, 3.8) is 0 Å². The number of sulfone groups is 1. The van der Waals surface area contributed by atoms with Gasteiger partial charge in [-0.3, -0.25) is 4.90 Å². The average Bonchev–Trinajstić information content (AvgIpc) is 2.75. The van der Waals surface area contributed by atoms with E-state index in [9.17, 15) is 8.42 Å². The van der Waals surface area contributed by atoms with Gasteiger partial charge >= 0.3 is 0 Å². The number of ether oxygens (including phenoxy) is 1. The van der Waals surface area contributed by atoms with Crippen LogP contribution in [0.2, 0.25) is 0 Å². The molecule has 5 nitrogen and oxygen atoms in total. The molecule has 0 spiro atoms. The first kappa shape index (κ1) is 14.2. The first-order valence-electron chi connectivity index (χ1n) is 6.65. The van der Waals surface area contributed by atoms with Crippen LogP contribution >= 0.6 is 0 Å². The van der Waals surface area contributed by atoms with Gasteiger partial charge in [-0.25, -0.2) is 8.42 Å².